The minimum absolute atomic E-state index is 0.128. The minimum Gasteiger partial charge on any atom is -0.444 e. The number of nitrogens with zero attached hydrogens (tertiary/aromatic N) is 2. The van der Waals surface area contributed by atoms with Crippen LogP contribution in [0.4, 0.5) is 10.5 Å². The first-order valence-electron chi connectivity index (χ1n) is 10.3. The lowest BCUT2D eigenvalue weighted by atomic mass is 10.0. The molecule has 0 spiro atoms. The average molecular weight is 449 g/mol. The van der Waals surface area contributed by atoms with Gasteiger partial charge in [-0.05, 0) is 64.2 Å². The molecule has 9 heteroatoms. The van der Waals surface area contributed by atoms with Crippen LogP contribution in [0.3, 0.4) is 0 Å². The highest BCUT2D eigenvalue weighted by molar-refractivity contribution is 7.99. The zero-order chi connectivity index (χ0) is 23.2. The van der Waals surface area contributed by atoms with Crippen LogP contribution in [0.2, 0.25) is 0 Å². The molecule has 0 aliphatic carbocycles. The third kappa shape index (κ3) is 8.24. The highest BCUT2D eigenvalue weighted by Crippen LogP contribution is 2.25. The molecule has 8 nitrogen and oxygen atoms in total. The number of alkyl carbamates (subject to hydrolysis) is 1. The van der Waals surface area contributed by atoms with Crippen molar-refractivity contribution in [2.24, 2.45) is 5.92 Å². The molecule has 1 heterocycles. The molecule has 2 rings (SSSR count). The van der Waals surface area contributed by atoms with Crippen LogP contribution in [0.1, 0.15) is 64.1 Å². The van der Waals surface area contributed by atoms with Crippen LogP contribution in [0.15, 0.2) is 27.8 Å². The highest BCUT2D eigenvalue weighted by Gasteiger charge is 2.25. The van der Waals surface area contributed by atoms with Gasteiger partial charge in [-0.2, -0.15) is 0 Å². The van der Waals surface area contributed by atoms with E-state index in [1.54, 1.807) is 20.8 Å². The summed E-state index contributed by atoms with van der Waals surface area (Å²) in [5, 5.41) is 14.0. The zero-order valence-corrected chi connectivity index (χ0v) is 20.1. The second-order valence-electron chi connectivity index (χ2n) is 8.82. The zero-order valence-electron chi connectivity index (χ0n) is 19.2. The monoisotopic (exact) mass is 448 g/mol. The molecule has 0 saturated carbocycles. The minimum atomic E-state index is -0.606. The van der Waals surface area contributed by atoms with Crippen molar-refractivity contribution in [1.29, 1.82) is 0 Å². The molecule has 1 aromatic heterocycles. The van der Waals surface area contributed by atoms with E-state index in [2.05, 4.69) is 20.8 Å². The molecule has 0 aliphatic rings. The second kappa shape index (κ2) is 10.7. The molecule has 1 atom stereocenters. The predicted molar refractivity (Wildman–Crippen MR) is 121 cm³/mol. The Bertz CT molecular complexity index is 905. The van der Waals surface area contributed by atoms with Gasteiger partial charge < -0.3 is 19.8 Å². The van der Waals surface area contributed by atoms with Gasteiger partial charge in [-0.1, -0.05) is 37.7 Å². The summed E-state index contributed by atoms with van der Waals surface area (Å²) in [7, 11) is 0. The Hall–Kier alpha value is -2.55. The van der Waals surface area contributed by atoms with Crippen molar-refractivity contribution in [3.63, 3.8) is 0 Å². The van der Waals surface area contributed by atoms with E-state index in [0.717, 1.165) is 28.6 Å². The van der Waals surface area contributed by atoms with E-state index in [9.17, 15) is 9.59 Å². The van der Waals surface area contributed by atoms with Crippen LogP contribution in [0.25, 0.3) is 0 Å². The molecule has 0 fully saturated rings. The van der Waals surface area contributed by atoms with E-state index in [-0.39, 0.29) is 28.7 Å². The van der Waals surface area contributed by atoms with Gasteiger partial charge in [0.1, 0.15) is 11.6 Å². The first kappa shape index (κ1) is 24.7. The molecule has 31 heavy (non-hydrogen) atoms. The summed E-state index contributed by atoms with van der Waals surface area (Å²) in [5.41, 5.74) is 2.33. The van der Waals surface area contributed by atoms with Gasteiger partial charge >= 0.3 is 6.09 Å². The van der Waals surface area contributed by atoms with Crippen molar-refractivity contribution >= 4 is 29.4 Å². The van der Waals surface area contributed by atoms with Crippen LogP contribution < -0.4 is 10.6 Å². The molecule has 2 N–H and O–H groups in total. The average Bonchev–Trinajstić information content (AvgIpc) is 3.10. The normalized spacial score (nSPS) is 12.5. The summed E-state index contributed by atoms with van der Waals surface area (Å²) in [6.07, 6.45) is 0.0667. The fourth-order valence-corrected chi connectivity index (χ4v) is 3.33. The summed E-state index contributed by atoms with van der Waals surface area (Å²) in [6.45, 7) is 13.4. The van der Waals surface area contributed by atoms with Crippen molar-refractivity contribution in [3.05, 3.63) is 35.2 Å². The molecular weight excluding hydrogens is 416 g/mol. The number of carbonyl (C=O) groups is 2. The Kier molecular flexibility index (Phi) is 8.50. The number of aryl methyl sites for hydroxylation is 1. The van der Waals surface area contributed by atoms with E-state index >= 15 is 0 Å². The number of amides is 2. The first-order valence-corrected chi connectivity index (χ1v) is 11.2. The number of nitrogens with one attached hydrogen (secondary N) is 2. The van der Waals surface area contributed by atoms with Crippen molar-refractivity contribution in [2.45, 2.75) is 71.8 Å². The molecule has 2 aromatic rings. The van der Waals surface area contributed by atoms with E-state index in [1.165, 1.54) is 0 Å². The number of hydrogen-bond acceptors (Lipinski definition) is 7. The lowest BCUT2D eigenvalue weighted by Crippen LogP contribution is -2.35. The topological polar surface area (TPSA) is 106 Å². The molecule has 0 aliphatic heterocycles. The van der Waals surface area contributed by atoms with E-state index in [0.29, 0.717) is 6.42 Å². The second-order valence-corrected chi connectivity index (χ2v) is 9.75. The summed E-state index contributed by atoms with van der Waals surface area (Å²) >= 11 is 1.15. The SMILES string of the molecule is Cc1cccc(NC(=O)CSc2nnc([C@@H](CC(C)C)NC(=O)OC(C)(C)C)o2)c1C. The number of benzene rings is 1. The molecule has 0 radical (unpaired) electrons. The van der Waals surface area contributed by atoms with E-state index in [1.807, 2.05) is 45.9 Å². The van der Waals surface area contributed by atoms with Crippen molar-refractivity contribution in [2.75, 3.05) is 11.1 Å². The lowest BCUT2D eigenvalue weighted by Gasteiger charge is -2.22. The van der Waals surface area contributed by atoms with Gasteiger partial charge in [-0.25, -0.2) is 4.79 Å². The number of aromatic nitrogens is 2. The third-order valence-corrected chi connectivity index (χ3v) is 5.14. The highest BCUT2D eigenvalue weighted by atomic mass is 32.2. The maximum atomic E-state index is 12.3. The van der Waals surface area contributed by atoms with Gasteiger partial charge in [0.25, 0.3) is 5.22 Å². The Balaban J connectivity index is 1.98. The number of hydrogen-bond donors (Lipinski definition) is 2. The Morgan fingerprint density at radius 1 is 1.19 bits per heavy atom. The Labute approximate surface area is 187 Å². The van der Waals surface area contributed by atoms with Crippen LogP contribution >= 0.6 is 11.8 Å². The van der Waals surface area contributed by atoms with Crippen LogP contribution in [-0.2, 0) is 9.53 Å². The standard InChI is InChI=1S/C22H32N4O4S/c1-13(2)11-17(24-20(28)30-22(5,6)7)19-25-26-21(29-19)31-12-18(27)23-16-10-8-9-14(3)15(16)4/h8-10,13,17H,11-12H2,1-7H3,(H,23,27)(H,24,28)/t17-/m1/s1. The molecule has 0 unspecified atom stereocenters. The molecule has 170 valence electrons. The smallest absolute Gasteiger partial charge is 0.408 e. The summed E-state index contributed by atoms with van der Waals surface area (Å²) in [4.78, 5) is 24.5. The lowest BCUT2D eigenvalue weighted by molar-refractivity contribution is -0.113. The predicted octanol–water partition coefficient (Wildman–Crippen LogP) is 5.03. The molecule has 0 saturated heterocycles. The van der Waals surface area contributed by atoms with Crippen molar-refractivity contribution in [3.8, 4) is 0 Å². The first-order chi connectivity index (χ1) is 14.4. The van der Waals surface area contributed by atoms with Gasteiger partial charge in [-0.15, -0.1) is 10.2 Å². The van der Waals surface area contributed by atoms with Crippen LogP contribution in [0, 0.1) is 19.8 Å². The molecule has 1 aromatic carbocycles. The number of anilines is 1. The third-order valence-electron chi connectivity index (χ3n) is 4.32. The Morgan fingerprint density at radius 2 is 1.90 bits per heavy atom. The summed E-state index contributed by atoms with van der Waals surface area (Å²) < 4.78 is 11.0. The fraction of sp³-hybridized carbons (Fsp3) is 0.545. The van der Waals surface area contributed by atoms with Crippen molar-refractivity contribution < 1.29 is 18.7 Å². The quantitative estimate of drug-likeness (QED) is 0.546. The number of rotatable bonds is 8. The van der Waals surface area contributed by atoms with Gasteiger partial charge in [-0.3, -0.25) is 4.79 Å². The largest absolute Gasteiger partial charge is 0.444 e. The van der Waals surface area contributed by atoms with Crippen molar-refractivity contribution in [1.82, 2.24) is 15.5 Å². The maximum Gasteiger partial charge on any atom is 0.408 e. The van der Waals surface area contributed by atoms with Gasteiger partial charge in [0.2, 0.25) is 11.8 Å². The van der Waals surface area contributed by atoms with Gasteiger partial charge in [0.15, 0.2) is 0 Å². The van der Waals surface area contributed by atoms with E-state index in [4.69, 9.17) is 9.15 Å². The summed E-state index contributed by atoms with van der Waals surface area (Å²) in [5.74, 6) is 0.538. The molecule has 2 amide bonds. The number of thioether (sulfide) groups is 1. The van der Waals surface area contributed by atoms with Crippen LogP contribution in [0.5, 0.6) is 0 Å². The number of ether oxygens (including phenoxy) is 1. The fourth-order valence-electron chi connectivity index (χ4n) is 2.76. The molecule has 0 bridgehead atoms. The Morgan fingerprint density at radius 3 is 2.55 bits per heavy atom. The number of carbonyl (C=O) groups excluding carboxylic acids is 2. The molecular formula is C22H32N4O4S. The van der Waals surface area contributed by atoms with Gasteiger partial charge in [0.05, 0.1) is 5.75 Å². The van der Waals surface area contributed by atoms with Gasteiger partial charge in [0, 0.05) is 5.69 Å². The maximum absolute atomic E-state index is 12.3. The van der Waals surface area contributed by atoms with E-state index < -0.39 is 17.7 Å². The van der Waals surface area contributed by atoms with Crippen LogP contribution in [-0.4, -0.2) is 33.6 Å². The summed E-state index contributed by atoms with van der Waals surface area (Å²) in [6, 6.07) is 5.30.